The van der Waals surface area contributed by atoms with Crippen LogP contribution in [-0.4, -0.2) is 27.0 Å². The molecule has 2 aromatic rings. The van der Waals surface area contributed by atoms with Gasteiger partial charge in [0.2, 0.25) is 0 Å². The first-order chi connectivity index (χ1) is 12.7. The molecule has 27 heavy (non-hydrogen) atoms. The van der Waals surface area contributed by atoms with Crippen molar-refractivity contribution in [3.05, 3.63) is 54.1 Å². The van der Waals surface area contributed by atoms with E-state index in [-0.39, 0.29) is 0 Å². The van der Waals surface area contributed by atoms with Crippen molar-refractivity contribution >= 4 is 15.9 Å². The largest absolute Gasteiger partial charge is 0.494 e. The van der Waals surface area contributed by atoms with E-state index in [1.807, 2.05) is 12.3 Å². The number of amides is 1. The third kappa shape index (κ3) is 5.63. The van der Waals surface area contributed by atoms with E-state index in [9.17, 15) is 22.0 Å². The Bertz CT molecular complexity index is 904. The van der Waals surface area contributed by atoms with Crippen molar-refractivity contribution in [2.45, 2.75) is 24.8 Å². The predicted molar refractivity (Wildman–Crippen MR) is 92.5 cm³/mol. The highest BCUT2D eigenvalue weighted by atomic mass is 32.2. The van der Waals surface area contributed by atoms with Crippen molar-refractivity contribution in [2.75, 3.05) is 6.61 Å². The molecule has 10 heteroatoms. The Morgan fingerprint density at radius 1 is 1.07 bits per heavy atom. The molecular formula is C17H18F2N2O5S. The van der Waals surface area contributed by atoms with Crippen molar-refractivity contribution < 1.29 is 31.5 Å². The third-order valence-electron chi connectivity index (χ3n) is 3.33. The Morgan fingerprint density at radius 3 is 2.30 bits per heavy atom. The molecule has 0 saturated carbocycles. The van der Waals surface area contributed by atoms with Gasteiger partial charge in [-0.15, -0.1) is 4.83 Å². The van der Waals surface area contributed by atoms with E-state index in [0.29, 0.717) is 30.2 Å². The number of carbonyl (C=O) groups is 1. The summed E-state index contributed by atoms with van der Waals surface area (Å²) in [5, 5.41) is 0. The average molecular weight is 400 g/mol. The summed E-state index contributed by atoms with van der Waals surface area (Å²) in [6, 6.07) is 8.56. The van der Waals surface area contributed by atoms with Crippen LogP contribution in [0.15, 0.2) is 47.4 Å². The van der Waals surface area contributed by atoms with Crippen LogP contribution in [0.1, 0.15) is 13.8 Å². The van der Waals surface area contributed by atoms with Crippen molar-refractivity contribution in [1.82, 2.24) is 10.3 Å². The van der Waals surface area contributed by atoms with Crippen LogP contribution >= 0.6 is 0 Å². The number of carbonyl (C=O) groups excluding carboxylic acids is 1. The topological polar surface area (TPSA) is 93.7 Å². The van der Waals surface area contributed by atoms with Gasteiger partial charge in [0.1, 0.15) is 11.5 Å². The molecule has 0 unspecified atom stereocenters. The SMILES string of the molecule is CCOc1ccc(O[C@H](C)C(=O)NNS(=O)(=O)c2ccc(F)c(F)c2)cc1. The maximum absolute atomic E-state index is 13.2. The molecule has 7 nitrogen and oxygen atoms in total. The molecule has 1 atom stereocenters. The first kappa shape index (κ1) is 20.6. The molecule has 146 valence electrons. The first-order valence-electron chi connectivity index (χ1n) is 7.89. The quantitative estimate of drug-likeness (QED) is 0.663. The van der Waals surface area contributed by atoms with Crippen molar-refractivity contribution in [1.29, 1.82) is 0 Å². The number of ether oxygens (including phenoxy) is 2. The number of rotatable bonds is 8. The van der Waals surface area contributed by atoms with Crippen molar-refractivity contribution in [3.8, 4) is 11.5 Å². The standard InChI is InChI=1S/C17H18F2N2O5S/c1-3-25-12-4-6-13(7-5-12)26-11(2)17(22)20-21-27(23,24)14-8-9-15(18)16(19)10-14/h4-11,21H,3H2,1-2H3,(H,20,22)/t11-/m1/s1. The lowest BCUT2D eigenvalue weighted by molar-refractivity contribution is -0.127. The molecule has 2 rings (SSSR count). The van der Waals surface area contributed by atoms with Crippen LogP contribution in [0.25, 0.3) is 0 Å². The van der Waals surface area contributed by atoms with E-state index in [1.165, 1.54) is 6.92 Å². The van der Waals surface area contributed by atoms with E-state index in [2.05, 4.69) is 0 Å². The third-order valence-corrected chi connectivity index (χ3v) is 4.57. The molecule has 2 N–H and O–H groups in total. The molecule has 1 amide bonds. The Hall–Kier alpha value is -2.72. The second kappa shape index (κ2) is 8.78. The number of hydrogen-bond acceptors (Lipinski definition) is 5. The number of nitrogens with one attached hydrogen (secondary N) is 2. The van der Waals surface area contributed by atoms with Gasteiger partial charge in [-0.1, -0.05) is 0 Å². The smallest absolute Gasteiger partial charge is 0.275 e. The molecule has 0 bridgehead atoms. The molecule has 0 spiro atoms. The number of hydrogen-bond donors (Lipinski definition) is 2. The molecule has 0 aliphatic heterocycles. The molecule has 2 aromatic carbocycles. The van der Waals surface area contributed by atoms with Gasteiger partial charge in [-0.2, -0.15) is 0 Å². The van der Waals surface area contributed by atoms with Crippen LogP contribution in [0.4, 0.5) is 8.78 Å². The number of sulfonamides is 1. The van der Waals surface area contributed by atoms with Crippen LogP contribution in [0, 0.1) is 11.6 Å². The highest BCUT2D eigenvalue weighted by molar-refractivity contribution is 7.89. The van der Waals surface area contributed by atoms with E-state index in [1.54, 1.807) is 29.1 Å². The summed E-state index contributed by atoms with van der Waals surface area (Å²) < 4.78 is 60.8. The molecule has 0 saturated heterocycles. The fraction of sp³-hybridized carbons (Fsp3) is 0.235. The molecule has 0 aromatic heterocycles. The first-order valence-corrected chi connectivity index (χ1v) is 9.37. The zero-order valence-electron chi connectivity index (χ0n) is 14.5. The maximum Gasteiger partial charge on any atom is 0.275 e. The summed E-state index contributed by atoms with van der Waals surface area (Å²) in [4.78, 5) is 13.3. The van der Waals surface area contributed by atoms with E-state index < -0.39 is 38.6 Å². The minimum Gasteiger partial charge on any atom is -0.494 e. The number of halogens is 2. The minimum absolute atomic E-state index is 0.379. The molecule has 0 fully saturated rings. The second-order valence-electron chi connectivity index (χ2n) is 5.34. The lowest BCUT2D eigenvalue weighted by Crippen LogP contribution is -2.47. The van der Waals surface area contributed by atoms with E-state index in [4.69, 9.17) is 9.47 Å². The molecule has 0 aliphatic carbocycles. The van der Waals surface area contributed by atoms with Crippen molar-refractivity contribution in [3.63, 3.8) is 0 Å². The van der Waals surface area contributed by atoms with Crippen LogP contribution in [-0.2, 0) is 14.8 Å². The monoisotopic (exact) mass is 400 g/mol. The van der Waals surface area contributed by atoms with Crippen molar-refractivity contribution in [2.24, 2.45) is 0 Å². The summed E-state index contributed by atoms with van der Waals surface area (Å²) in [6.45, 7) is 3.77. The fourth-order valence-electron chi connectivity index (χ4n) is 1.96. The maximum atomic E-state index is 13.2. The zero-order valence-corrected chi connectivity index (χ0v) is 15.3. The Kier molecular flexibility index (Phi) is 6.70. The van der Waals surface area contributed by atoms with Crippen LogP contribution < -0.4 is 19.7 Å². The molecule has 0 radical (unpaired) electrons. The minimum atomic E-state index is -4.27. The van der Waals surface area contributed by atoms with Gasteiger partial charge < -0.3 is 9.47 Å². The molecule has 0 aliphatic rings. The molecular weight excluding hydrogens is 382 g/mol. The summed E-state index contributed by atoms with van der Waals surface area (Å²) in [5.41, 5.74) is 1.96. The number of hydrazine groups is 1. The van der Waals surface area contributed by atoms with E-state index >= 15 is 0 Å². The normalized spacial score (nSPS) is 12.3. The second-order valence-corrected chi connectivity index (χ2v) is 7.02. The summed E-state index contributed by atoms with van der Waals surface area (Å²) in [7, 11) is -4.27. The van der Waals surface area contributed by atoms with E-state index in [0.717, 1.165) is 6.07 Å². The lowest BCUT2D eigenvalue weighted by Gasteiger charge is -2.15. The summed E-state index contributed by atoms with van der Waals surface area (Å²) in [5.74, 6) is -2.27. The number of benzene rings is 2. The van der Waals surface area contributed by atoms with Crippen LogP contribution in [0.2, 0.25) is 0 Å². The zero-order chi connectivity index (χ0) is 20.0. The molecule has 0 heterocycles. The van der Waals surface area contributed by atoms with Gasteiger partial charge in [-0.05, 0) is 56.3 Å². The van der Waals surface area contributed by atoms with Crippen LogP contribution in [0.5, 0.6) is 11.5 Å². The fourth-order valence-corrected chi connectivity index (χ4v) is 2.82. The van der Waals surface area contributed by atoms with Gasteiger partial charge in [-0.3, -0.25) is 10.2 Å². The highest BCUT2D eigenvalue weighted by Gasteiger charge is 2.20. The highest BCUT2D eigenvalue weighted by Crippen LogP contribution is 2.18. The van der Waals surface area contributed by atoms with Gasteiger partial charge >= 0.3 is 0 Å². The van der Waals surface area contributed by atoms with Gasteiger partial charge in [0, 0.05) is 0 Å². The van der Waals surface area contributed by atoms with Crippen LogP contribution in [0.3, 0.4) is 0 Å². The Morgan fingerprint density at radius 2 is 1.70 bits per heavy atom. The van der Waals surface area contributed by atoms with Gasteiger partial charge in [-0.25, -0.2) is 17.2 Å². The lowest BCUT2D eigenvalue weighted by atomic mass is 10.3. The van der Waals surface area contributed by atoms with Gasteiger partial charge in [0.25, 0.3) is 15.9 Å². The van der Waals surface area contributed by atoms with Gasteiger partial charge in [0.05, 0.1) is 11.5 Å². The Balaban J connectivity index is 1.94. The summed E-state index contributed by atoms with van der Waals surface area (Å²) in [6.07, 6.45) is -1.03. The average Bonchev–Trinajstić information content (AvgIpc) is 2.63. The Labute approximate surface area is 155 Å². The van der Waals surface area contributed by atoms with Gasteiger partial charge in [0.15, 0.2) is 17.7 Å². The predicted octanol–water partition coefficient (Wildman–Crippen LogP) is 2.14. The summed E-state index contributed by atoms with van der Waals surface area (Å²) >= 11 is 0.